The van der Waals surface area contributed by atoms with Crippen molar-refractivity contribution in [3.63, 3.8) is 0 Å². The molecule has 1 saturated heterocycles. The smallest absolute Gasteiger partial charge is 0.329 e. The SMILES string of the molecule is CCCC1(C(=O)O)CCCN1C(=O)N(CCOC)C1CC1. The van der Waals surface area contributed by atoms with Gasteiger partial charge in [-0.2, -0.15) is 0 Å². The third-order valence-electron chi connectivity index (χ3n) is 4.55. The molecule has 1 unspecified atom stereocenters. The summed E-state index contributed by atoms with van der Waals surface area (Å²) in [6.45, 7) is 3.54. The number of hydrogen-bond acceptors (Lipinski definition) is 3. The normalized spacial score (nSPS) is 25.1. The van der Waals surface area contributed by atoms with Crippen LogP contribution in [0.25, 0.3) is 0 Å². The molecule has 2 rings (SSSR count). The van der Waals surface area contributed by atoms with Crippen molar-refractivity contribution in [2.24, 2.45) is 0 Å². The fourth-order valence-corrected chi connectivity index (χ4v) is 3.33. The minimum absolute atomic E-state index is 0.122. The van der Waals surface area contributed by atoms with E-state index in [0.717, 1.165) is 25.7 Å². The van der Waals surface area contributed by atoms with Crippen LogP contribution in [0.2, 0.25) is 0 Å². The zero-order valence-electron chi connectivity index (χ0n) is 13.0. The molecule has 1 heterocycles. The molecule has 21 heavy (non-hydrogen) atoms. The van der Waals surface area contributed by atoms with Gasteiger partial charge in [0.2, 0.25) is 0 Å². The van der Waals surface area contributed by atoms with E-state index in [0.29, 0.717) is 32.5 Å². The van der Waals surface area contributed by atoms with Crippen molar-refractivity contribution in [1.82, 2.24) is 9.80 Å². The monoisotopic (exact) mass is 298 g/mol. The molecule has 2 aliphatic rings. The molecular formula is C15H26N2O4. The van der Waals surface area contributed by atoms with Crippen molar-refractivity contribution < 1.29 is 19.4 Å². The lowest BCUT2D eigenvalue weighted by Crippen LogP contribution is -2.57. The van der Waals surface area contributed by atoms with Gasteiger partial charge in [-0.3, -0.25) is 0 Å². The number of amides is 2. The summed E-state index contributed by atoms with van der Waals surface area (Å²) in [6, 6.07) is 0.143. The van der Waals surface area contributed by atoms with E-state index in [4.69, 9.17) is 4.74 Å². The number of likely N-dealkylation sites (tertiary alicyclic amines) is 1. The topological polar surface area (TPSA) is 70.1 Å². The Balaban J connectivity index is 2.16. The number of carbonyl (C=O) groups is 2. The molecule has 1 atom stereocenters. The number of rotatable bonds is 7. The first-order valence-corrected chi connectivity index (χ1v) is 7.87. The van der Waals surface area contributed by atoms with Gasteiger partial charge < -0.3 is 19.6 Å². The van der Waals surface area contributed by atoms with Crippen molar-refractivity contribution in [2.75, 3.05) is 26.8 Å². The van der Waals surface area contributed by atoms with E-state index < -0.39 is 11.5 Å². The van der Waals surface area contributed by atoms with Gasteiger partial charge in [-0.1, -0.05) is 13.3 Å². The number of ether oxygens (including phenoxy) is 1. The highest BCUT2D eigenvalue weighted by molar-refractivity contribution is 5.87. The van der Waals surface area contributed by atoms with Gasteiger partial charge in [0.15, 0.2) is 0 Å². The van der Waals surface area contributed by atoms with E-state index in [-0.39, 0.29) is 12.1 Å². The molecule has 0 spiro atoms. The summed E-state index contributed by atoms with van der Waals surface area (Å²) in [5.74, 6) is -0.863. The van der Waals surface area contributed by atoms with E-state index >= 15 is 0 Å². The molecule has 0 aromatic heterocycles. The average molecular weight is 298 g/mol. The fraction of sp³-hybridized carbons (Fsp3) is 0.867. The van der Waals surface area contributed by atoms with Crippen molar-refractivity contribution >= 4 is 12.0 Å². The maximum Gasteiger partial charge on any atom is 0.329 e. The molecule has 6 heteroatoms. The Kier molecular flexibility index (Phi) is 5.08. The third kappa shape index (κ3) is 3.15. The standard InChI is InChI=1S/C15H26N2O4/c1-3-7-15(13(18)19)8-4-9-17(15)14(20)16(10-11-21-2)12-5-6-12/h12H,3-11H2,1-2H3,(H,18,19). The second-order valence-corrected chi connectivity index (χ2v) is 6.04. The molecular weight excluding hydrogens is 272 g/mol. The number of aliphatic carboxylic acids is 1. The van der Waals surface area contributed by atoms with Crippen LogP contribution in [-0.2, 0) is 9.53 Å². The molecule has 0 radical (unpaired) electrons. The lowest BCUT2D eigenvalue weighted by atomic mass is 9.91. The van der Waals surface area contributed by atoms with Gasteiger partial charge in [0.05, 0.1) is 6.61 Å². The summed E-state index contributed by atoms with van der Waals surface area (Å²) in [5, 5.41) is 9.69. The zero-order valence-corrected chi connectivity index (χ0v) is 13.0. The summed E-state index contributed by atoms with van der Waals surface area (Å²) >= 11 is 0. The van der Waals surface area contributed by atoms with E-state index in [1.165, 1.54) is 0 Å². The number of hydrogen-bond donors (Lipinski definition) is 1. The predicted octanol–water partition coefficient (Wildman–Crippen LogP) is 1.94. The number of methoxy groups -OCH3 is 1. The molecule has 0 aromatic carbocycles. The van der Waals surface area contributed by atoms with E-state index in [1.54, 1.807) is 12.0 Å². The third-order valence-corrected chi connectivity index (χ3v) is 4.55. The second kappa shape index (κ2) is 6.64. The van der Waals surface area contributed by atoms with E-state index in [1.807, 2.05) is 11.8 Å². The number of carbonyl (C=O) groups excluding carboxylic acids is 1. The molecule has 2 amide bonds. The lowest BCUT2D eigenvalue weighted by molar-refractivity contribution is -0.149. The minimum atomic E-state index is -1.01. The summed E-state index contributed by atoms with van der Waals surface area (Å²) < 4.78 is 5.08. The summed E-state index contributed by atoms with van der Waals surface area (Å²) in [4.78, 5) is 28.1. The van der Waals surface area contributed by atoms with Crippen LogP contribution in [0.1, 0.15) is 45.4 Å². The van der Waals surface area contributed by atoms with Crippen LogP contribution in [0.4, 0.5) is 4.79 Å². The molecule has 6 nitrogen and oxygen atoms in total. The van der Waals surface area contributed by atoms with Gasteiger partial charge in [-0.15, -0.1) is 0 Å². The molecule has 1 N–H and O–H groups in total. The maximum absolute atomic E-state index is 12.9. The Hall–Kier alpha value is -1.30. The lowest BCUT2D eigenvalue weighted by Gasteiger charge is -2.38. The Morgan fingerprint density at radius 3 is 2.67 bits per heavy atom. The number of urea groups is 1. The molecule has 120 valence electrons. The summed E-state index contributed by atoms with van der Waals surface area (Å²) in [5.41, 5.74) is -1.01. The maximum atomic E-state index is 12.9. The Morgan fingerprint density at radius 1 is 1.43 bits per heavy atom. The van der Waals surface area contributed by atoms with Crippen molar-refractivity contribution in [1.29, 1.82) is 0 Å². The minimum Gasteiger partial charge on any atom is -0.479 e. The molecule has 1 aliphatic carbocycles. The van der Waals surface area contributed by atoms with Gasteiger partial charge in [0, 0.05) is 26.2 Å². The van der Waals surface area contributed by atoms with Crippen LogP contribution in [0.15, 0.2) is 0 Å². The first-order chi connectivity index (χ1) is 10.1. The van der Waals surface area contributed by atoms with E-state index in [9.17, 15) is 14.7 Å². The zero-order chi connectivity index (χ0) is 15.5. The van der Waals surface area contributed by atoms with Crippen LogP contribution < -0.4 is 0 Å². The van der Waals surface area contributed by atoms with Crippen LogP contribution in [0.3, 0.4) is 0 Å². The summed E-state index contributed by atoms with van der Waals surface area (Å²) in [7, 11) is 1.62. The van der Waals surface area contributed by atoms with Gasteiger partial charge >= 0.3 is 12.0 Å². The van der Waals surface area contributed by atoms with Crippen LogP contribution in [-0.4, -0.2) is 65.3 Å². The van der Waals surface area contributed by atoms with E-state index in [2.05, 4.69) is 0 Å². The number of carboxylic acids is 1. The quantitative estimate of drug-likeness (QED) is 0.780. The van der Waals surface area contributed by atoms with Gasteiger partial charge in [0.25, 0.3) is 0 Å². The van der Waals surface area contributed by atoms with Crippen LogP contribution in [0, 0.1) is 0 Å². The highest BCUT2D eigenvalue weighted by Crippen LogP contribution is 2.37. The van der Waals surface area contributed by atoms with Gasteiger partial charge in [-0.25, -0.2) is 9.59 Å². The predicted molar refractivity (Wildman–Crippen MR) is 78.2 cm³/mol. The molecule has 0 aromatic rings. The van der Waals surface area contributed by atoms with Crippen molar-refractivity contribution in [3.8, 4) is 0 Å². The molecule has 1 aliphatic heterocycles. The van der Waals surface area contributed by atoms with Gasteiger partial charge in [0.1, 0.15) is 5.54 Å². The number of nitrogens with zero attached hydrogens (tertiary/aromatic N) is 2. The number of carboxylic acid groups (broad SMARTS) is 1. The highest BCUT2D eigenvalue weighted by Gasteiger charge is 2.51. The molecule has 0 bridgehead atoms. The average Bonchev–Trinajstić information content (AvgIpc) is 3.19. The van der Waals surface area contributed by atoms with Crippen molar-refractivity contribution in [3.05, 3.63) is 0 Å². The Labute approximate surface area is 126 Å². The first-order valence-electron chi connectivity index (χ1n) is 7.87. The molecule has 2 fully saturated rings. The van der Waals surface area contributed by atoms with Crippen LogP contribution in [0.5, 0.6) is 0 Å². The van der Waals surface area contributed by atoms with Gasteiger partial charge in [-0.05, 0) is 32.1 Å². The van der Waals surface area contributed by atoms with Crippen LogP contribution >= 0.6 is 0 Å². The largest absolute Gasteiger partial charge is 0.479 e. The highest BCUT2D eigenvalue weighted by atomic mass is 16.5. The fourth-order valence-electron chi connectivity index (χ4n) is 3.33. The second-order valence-electron chi connectivity index (χ2n) is 6.04. The first kappa shape index (κ1) is 16.1. The Bertz CT molecular complexity index is 397. The molecule has 1 saturated carbocycles. The van der Waals surface area contributed by atoms with Crippen molar-refractivity contribution in [2.45, 2.75) is 57.0 Å². The Morgan fingerprint density at radius 2 is 2.14 bits per heavy atom. The summed E-state index contributed by atoms with van der Waals surface area (Å²) in [6.07, 6.45) is 4.63.